The molecule has 2 heterocycles. The van der Waals surface area contributed by atoms with Crippen molar-refractivity contribution in [1.29, 1.82) is 0 Å². The van der Waals surface area contributed by atoms with Gasteiger partial charge >= 0.3 is 0 Å². The van der Waals surface area contributed by atoms with E-state index >= 15 is 0 Å². The van der Waals surface area contributed by atoms with Gasteiger partial charge in [0.25, 0.3) is 0 Å². The Balaban J connectivity index is 1.69. The molecule has 4 nitrogen and oxygen atoms in total. The van der Waals surface area contributed by atoms with Gasteiger partial charge in [0, 0.05) is 18.8 Å². The topological polar surface area (TPSA) is 51.2 Å². The first-order chi connectivity index (χ1) is 9.84. The summed E-state index contributed by atoms with van der Waals surface area (Å²) in [4.78, 5) is 16.4. The van der Waals surface area contributed by atoms with E-state index in [1.807, 2.05) is 30.3 Å². The third-order valence-electron chi connectivity index (χ3n) is 3.43. The van der Waals surface area contributed by atoms with Crippen molar-refractivity contribution < 1.29 is 9.53 Å². The quantitative estimate of drug-likeness (QED) is 0.920. The zero-order valence-electron chi connectivity index (χ0n) is 11.1. The number of nitrogens with zero attached hydrogens (tertiary/aromatic N) is 1. The molecule has 0 spiro atoms. The van der Waals surface area contributed by atoms with Gasteiger partial charge < -0.3 is 10.1 Å². The van der Waals surface area contributed by atoms with Crippen LogP contribution in [-0.4, -0.2) is 23.9 Å². The molecule has 1 aromatic heterocycles. The number of rotatable bonds is 4. The summed E-state index contributed by atoms with van der Waals surface area (Å²) in [6.45, 7) is 0.847. The van der Waals surface area contributed by atoms with Crippen molar-refractivity contribution in [2.24, 2.45) is 0 Å². The van der Waals surface area contributed by atoms with Crippen molar-refractivity contribution in [3.8, 4) is 5.88 Å². The second-order valence-electron chi connectivity index (χ2n) is 4.76. The molecule has 1 N–H and O–H groups in total. The molecule has 4 heteroatoms. The molecule has 102 valence electrons. The van der Waals surface area contributed by atoms with Crippen LogP contribution in [0.4, 0.5) is 0 Å². The second-order valence-corrected chi connectivity index (χ2v) is 4.76. The van der Waals surface area contributed by atoms with Gasteiger partial charge in [0.1, 0.15) is 0 Å². The molecule has 1 atom stereocenters. The smallest absolute Gasteiger partial charge is 0.213 e. The first kappa shape index (κ1) is 12.8. The molecule has 1 aliphatic rings. The maximum absolute atomic E-state index is 12.3. The summed E-state index contributed by atoms with van der Waals surface area (Å²) in [6, 6.07) is 13.2. The first-order valence-corrected chi connectivity index (χ1v) is 6.72. The summed E-state index contributed by atoms with van der Waals surface area (Å²) >= 11 is 0. The van der Waals surface area contributed by atoms with Gasteiger partial charge in [-0.1, -0.05) is 30.3 Å². The lowest BCUT2D eigenvalue weighted by Crippen LogP contribution is -2.37. The van der Waals surface area contributed by atoms with Gasteiger partial charge in [-0.2, -0.15) is 0 Å². The average Bonchev–Trinajstić information content (AvgIpc) is 2.53. The van der Waals surface area contributed by atoms with Crippen LogP contribution in [0.1, 0.15) is 17.2 Å². The maximum atomic E-state index is 12.3. The van der Waals surface area contributed by atoms with Crippen molar-refractivity contribution in [3.05, 3.63) is 59.8 Å². The zero-order valence-corrected chi connectivity index (χ0v) is 11.1. The largest absolute Gasteiger partial charge is 0.470 e. The standard InChI is InChI=1S/C16H16N2O2/c19-14(11-20-15-7-3-4-9-17-15)16-13-6-2-1-5-12(13)8-10-18-16/h1-7,9,16,18H,8,10-11H2. The predicted molar refractivity (Wildman–Crippen MR) is 75.6 cm³/mol. The monoisotopic (exact) mass is 268 g/mol. The highest BCUT2D eigenvalue weighted by atomic mass is 16.5. The first-order valence-electron chi connectivity index (χ1n) is 6.72. The van der Waals surface area contributed by atoms with Crippen LogP contribution in [0.2, 0.25) is 0 Å². The summed E-state index contributed by atoms with van der Waals surface area (Å²) in [7, 11) is 0. The number of ether oxygens (including phenoxy) is 1. The van der Waals surface area contributed by atoms with Crippen molar-refractivity contribution in [2.75, 3.05) is 13.2 Å². The van der Waals surface area contributed by atoms with Crippen molar-refractivity contribution in [1.82, 2.24) is 10.3 Å². The van der Waals surface area contributed by atoms with Crippen LogP contribution in [0.3, 0.4) is 0 Å². The summed E-state index contributed by atoms with van der Waals surface area (Å²) in [5, 5.41) is 3.26. The summed E-state index contributed by atoms with van der Waals surface area (Å²) < 4.78 is 5.44. The fourth-order valence-corrected chi connectivity index (χ4v) is 2.45. The molecule has 0 fully saturated rings. The Hall–Kier alpha value is -2.20. The van der Waals surface area contributed by atoms with E-state index in [1.54, 1.807) is 12.3 Å². The summed E-state index contributed by atoms with van der Waals surface area (Å²) in [5.41, 5.74) is 2.30. The Morgan fingerprint density at radius 1 is 1.25 bits per heavy atom. The molecule has 0 amide bonds. The number of Topliss-reactive ketones (excluding diaryl/α,β-unsaturated/α-hetero) is 1. The minimum Gasteiger partial charge on any atom is -0.470 e. The van der Waals surface area contributed by atoms with Crippen LogP contribution in [0.15, 0.2) is 48.7 Å². The molecule has 0 saturated carbocycles. The molecule has 1 aliphatic heterocycles. The van der Waals surface area contributed by atoms with Crippen LogP contribution < -0.4 is 10.1 Å². The van der Waals surface area contributed by atoms with E-state index in [2.05, 4.69) is 16.4 Å². The Labute approximate surface area is 117 Å². The molecule has 20 heavy (non-hydrogen) atoms. The normalized spacial score (nSPS) is 17.3. The van der Waals surface area contributed by atoms with Gasteiger partial charge in [-0.05, 0) is 23.6 Å². The molecule has 0 saturated heterocycles. The van der Waals surface area contributed by atoms with Gasteiger partial charge in [0.15, 0.2) is 12.4 Å². The number of benzene rings is 1. The van der Waals surface area contributed by atoms with E-state index < -0.39 is 0 Å². The van der Waals surface area contributed by atoms with E-state index in [9.17, 15) is 4.79 Å². The molecule has 0 aliphatic carbocycles. The van der Waals surface area contributed by atoms with Crippen LogP contribution in [0.25, 0.3) is 0 Å². The number of ketones is 1. The highest BCUT2D eigenvalue weighted by Crippen LogP contribution is 2.23. The fourth-order valence-electron chi connectivity index (χ4n) is 2.45. The molecule has 0 radical (unpaired) electrons. The average molecular weight is 268 g/mol. The lowest BCUT2D eigenvalue weighted by Gasteiger charge is -2.25. The summed E-state index contributed by atoms with van der Waals surface area (Å²) in [5.74, 6) is 0.507. The predicted octanol–water partition coefficient (Wildman–Crippen LogP) is 1.92. The Morgan fingerprint density at radius 3 is 2.95 bits per heavy atom. The maximum Gasteiger partial charge on any atom is 0.213 e. The third kappa shape index (κ3) is 2.70. The van der Waals surface area contributed by atoms with E-state index in [4.69, 9.17) is 4.74 Å². The van der Waals surface area contributed by atoms with Gasteiger partial charge in [-0.3, -0.25) is 4.79 Å². The van der Waals surface area contributed by atoms with Crippen LogP contribution >= 0.6 is 0 Å². The number of fused-ring (bicyclic) bond motifs is 1. The second kappa shape index (κ2) is 5.84. The number of nitrogens with one attached hydrogen (secondary N) is 1. The third-order valence-corrected chi connectivity index (χ3v) is 3.43. The number of carbonyl (C=O) groups is 1. The van der Waals surface area contributed by atoms with Crippen LogP contribution in [-0.2, 0) is 11.2 Å². The SMILES string of the molecule is O=C(COc1ccccn1)C1NCCc2ccccc21. The van der Waals surface area contributed by atoms with E-state index in [0.29, 0.717) is 5.88 Å². The van der Waals surface area contributed by atoms with Gasteiger partial charge in [0.2, 0.25) is 5.88 Å². The molecule has 3 rings (SSSR count). The van der Waals surface area contributed by atoms with Gasteiger partial charge in [-0.25, -0.2) is 4.98 Å². The highest BCUT2D eigenvalue weighted by molar-refractivity contribution is 5.87. The minimum absolute atomic E-state index is 0.0304. The zero-order chi connectivity index (χ0) is 13.8. The lowest BCUT2D eigenvalue weighted by atomic mass is 9.92. The Bertz CT molecular complexity index is 598. The number of hydrogen-bond donors (Lipinski definition) is 1. The number of carbonyl (C=O) groups excluding carboxylic acids is 1. The van der Waals surface area contributed by atoms with Gasteiger partial charge in [-0.15, -0.1) is 0 Å². The van der Waals surface area contributed by atoms with Crippen LogP contribution in [0.5, 0.6) is 5.88 Å². The fraction of sp³-hybridized carbons (Fsp3) is 0.250. The molecule has 1 aromatic carbocycles. The lowest BCUT2D eigenvalue weighted by molar-refractivity contribution is -0.123. The number of hydrogen-bond acceptors (Lipinski definition) is 4. The molecule has 2 aromatic rings. The van der Waals surface area contributed by atoms with E-state index in [1.165, 1.54) is 5.56 Å². The number of pyridine rings is 1. The summed E-state index contributed by atoms with van der Waals surface area (Å²) in [6.07, 6.45) is 2.61. The van der Waals surface area contributed by atoms with Crippen molar-refractivity contribution in [3.63, 3.8) is 0 Å². The van der Waals surface area contributed by atoms with Crippen molar-refractivity contribution in [2.45, 2.75) is 12.5 Å². The number of aromatic nitrogens is 1. The molecule has 1 unspecified atom stereocenters. The minimum atomic E-state index is -0.274. The van der Waals surface area contributed by atoms with Crippen LogP contribution in [0, 0.1) is 0 Å². The van der Waals surface area contributed by atoms with Gasteiger partial charge in [0.05, 0.1) is 6.04 Å². The van der Waals surface area contributed by atoms with E-state index in [0.717, 1.165) is 18.5 Å². The van der Waals surface area contributed by atoms with E-state index in [-0.39, 0.29) is 18.4 Å². The highest BCUT2D eigenvalue weighted by Gasteiger charge is 2.25. The van der Waals surface area contributed by atoms with Crippen molar-refractivity contribution >= 4 is 5.78 Å². The Morgan fingerprint density at radius 2 is 2.10 bits per heavy atom. The Kier molecular flexibility index (Phi) is 3.74. The molecular weight excluding hydrogens is 252 g/mol. The molecular formula is C16H16N2O2. The molecule has 0 bridgehead atoms.